The second-order valence-corrected chi connectivity index (χ2v) is 10.4. The van der Waals surface area contributed by atoms with Crippen LogP contribution in [0.4, 0.5) is 0 Å². The molecule has 1 aliphatic carbocycles. The zero-order valence-electron chi connectivity index (χ0n) is 22.0. The Morgan fingerprint density at radius 1 is 1.18 bits per heavy atom. The molecule has 1 heterocycles. The number of aliphatic hydroxyl groups excluding tert-OH is 3. The third kappa shape index (κ3) is 5.99. The number of allylic oxidation sites excluding steroid dienone is 1. The largest absolute Gasteiger partial charge is 0.493 e. The van der Waals surface area contributed by atoms with Gasteiger partial charge in [-0.15, -0.1) is 6.58 Å². The molecule has 0 fully saturated rings. The number of halogens is 2. The van der Waals surface area contributed by atoms with E-state index in [-0.39, 0.29) is 44.2 Å². The summed E-state index contributed by atoms with van der Waals surface area (Å²) < 4.78 is 11.7. The Bertz CT molecular complexity index is 1320. The van der Waals surface area contributed by atoms with Crippen LogP contribution in [-0.2, 0) is 22.7 Å². The zero-order chi connectivity index (χ0) is 29.0. The van der Waals surface area contributed by atoms with E-state index in [2.05, 4.69) is 11.9 Å². The van der Waals surface area contributed by atoms with Gasteiger partial charge in [-0.3, -0.25) is 9.59 Å². The highest BCUT2D eigenvalue weighted by Gasteiger charge is 2.51. The lowest BCUT2D eigenvalue weighted by atomic mass is 9.77. The quantitative estimate of drug-likeness (QED) is 0.296. The molecule has 0 saturated carbocycles. The topological polar surface area (TPSA) is 129 Å². The molecule has 2 aromatic rings. The third-order valence-electron chi connectivity index (χ3n) is 7.07. The van der Waals surface area contributed by atoms with Crippen molar-refractivity contribution in [1.29, 1.82) is 0 Å². The Labute approximate surface area is 242 Å². The van der Waals surface area contributed by atoms with Crippen molar-refractivity contribution in [2.75, 3.05) is 20.3 Å². The van der Waals surface area contributed by atoms with Crippen LogP contribution >= 0.6 is 23.2 Å². The number of carbonyl (C=O) groups excluding carboxylic acids is 2. The first-order chi connectivity index (χ1) is 19.2. The van der Waals surface area contributed by atoms with Gasteiger partial charge in [0.15, 0.2) is 11.5 Å². The Morgan fingerprint density at radius 2 is 1.95 bits per heavy atom. The van der Waals surface area contributed by atoms with Gasteiger partial charge in [0, 0.05) is 30.6 Å². The Kier molecular flexibility index (Phi) is 9.76. The molecule has 214 valence electrons. The normalized spacial score (nSPS) is 21.0. The first kappa shape index (κ1) is 29.9. The van der Waals surface area contributed by atoms with E-state index in [9.17, 15) is 24.9 Å². The number of methoxy groups -OCH3 is 1. The Balaban J connectivity index is 1.82. The van der Waals surface area contributed by atoms with Gasteiger partial charge in [-0.2, -0.15) is 0 Å². The predicted molar refractivity (Wildman–Crippen MR) is 150 cm³/mol. The van der Waals surface area contributed by atoms with E-state index in [1.54, 1.807) is 42.5 Å². The van der Waals surface area contributed by atoms with Crippen LogP contribution in [0.1, 0.15) is 35.4 Å². The van der Waals surface area contributed by atoms with Crippen LogP contribution < -0.4 is 14.8 Å². The summed E-state index contributed by atoms with van der Waals surface area (Å²) in [6, 6.07) is 7.42. The lowest BCUT2D eigenvalue weighted by Gasteiger charge is -2.41. The monoisotopic (exact) mass is 590 g/mol. The van der Waals surface area contributed by atoms with Gasteiger partial charge in [0.25, 0.3) is 0 Å². The maximum Gasteiger partial charge on any atom is 0.247 e. The van der Waals surface area contributed by atoms with Crippen LogP contribution in [0, 0.1) is 0 Å². The lowest BCUT2D eigenvalue weighted by molar-refractivity contribution is -0.138. The van der Waals surface area contributed by atoms with Crippen molar-refractivity contribution in [3.05, 3.63) is 81.4 Å². The molecule has 4 unspecified atom stereocenters. The van der Waals surface area contributed by atoms with E-state index in [0.717, 1.165) is 0 Å². The highest BCUT2D eigenvalue weighted by atomic mass is 35.5. The first-order valence-electron chi connectivity index (χ1n) is 12.8. The second kappa shape index (κ2) is 13.1. The average molecular weight is 591 g/mol. The molecule has 9 nitrogen and oxygen atoms in total. The van der Waals surface area contributed by atoms with Crippen LogP contribution in [-0.4, -0.2) is 70.5 Å². The van der Waals surface area contributed by atoms with Crippen LogP contribution in [0.3, 0.4) is 0 Å². The van der Waals surface area contributed by atoms with Crippen molar-refractivity contribution >= 4 is 35.0 Å². The van der Waals surface area contributed by atoms with E-state index in [1.165, 1.54) is 12.0 Å². The van der Waals surface area contributed by atoms with Crippen molar-refractivity contribution in [2.45, 2.75) is 50.2 Å². The van der Waals surface area contributed by atoms with E-state index in [1.807, 2.05) is 0 Å². The molecule has 40 heavy (non-hydrogen) atoms. The number of amides is 2. The maximum atomic E-state index is 13.5. The summed E-state index contributed by atoms with van der Waals surface area (Å²) >= 11 is 12.3. The average Bonchev–Trinajstić information content (AvgIpc) is 3.35. The maximum absolute atomic E-state index is 13.5. The van der Waals surface area contributed by atoms with Crippen molar-refractivity contribution in [3.8, 4) is 11.5 Å². The summed E-state index contributed by atoms with van der Waals surface area (Å²) in [7, 11) is 1.46. The molecule has 2 aromatic carbocycles. The fourth-order valence-electron chi connectivity index (χ4n) is 5.18. The summed E-state index contributed by atoms with van der Waals surface area (Å²) in [5.41, 5.74) is 2.07. The summed E-state index contributed by atoms with van der Waals surface area (Å²) in [6.07, 6.45) is 1.60. The van der Waals surface area contributed by atoms with E-state index >= 15 is 0 Å². The molecule has 0 spiro atoms. The van der Waals surface area contributed by atoms with Gasteiger partial charge in [-0.05, 0) is 47.9 Å². The summed E-state index contributed by atoms with van der Waals surface area (Å²) in [4.78, 5) is 28.4. The SMILES string of the molecule is C=CCCC(=O)N(Cc1ccc(Cl)c(Cl)c1)C1C=C(C(=O)NCCO)C2c3cc(CO)cc(OC)c3OC2C1O. The number of rotatable bonds is 11. The van der Waals surface area contributed by atoms with Gasteiger partial charge in [-0.1, -0.05) is 35.3 Å². The molecule has 2 aliphatic rings. The number of aliphatic hydroxyl groups is 3. The Morgan fingerprint density at radius 3 is 2.60 bits per heavy atom. The minimum Gasteiger partial charge on any atom is -0.493 e. The smallest absolute Gasteiger partial charge is 0.247 e. The fraction of sp³-hybridized carbons (Fsp3) is 0.379. The van der Waals surface area contributed by atoms with Gasteiger partial charge in [0.1, 0.15) is 12.2 Å². The predicted octanol–water partition coefficient (Wildman–Crippen LogP) is 3.11. The van der Waals surface area contributed by atoms with Gasteiger partial charge in [0.2, 0.25) is 11.8 Å². The van der Waals surface area contributed by atoms with Gasteiger partial charge in [0.05, 0.1) is 42.3 Å². The van der Waals surface area contributed by atoms with Crippen LogP contribution in [0.25, 0.3) is 0 Å². The van der Waals surface area contributed by atoms with E-state index < -0.39 is 30.1 Å². The summed E-state index contributed by atoms with van der Waals surface area (Å²) in [5.74, 6) is -0.751. The van der Waals surface area contributed by atoms with Crippen molar-refractivity contribution in [1.82, 2.24) is 10.2 Å². The second-order valence-electron chi connectivity index (χ2n) is 9.61. The first-order valence-corrected chi connectivity index (χ1v) is 13.6. The van der Waals surface area contributed by atoms with E-state index in [4.69, 9.17) is 32.7 Å². The van der Waals surface area contributed by atoms with Crippen LogP contribution in [0.5, 0.6) is 11.5 Å². The number of carbonyl (C=O) groups is 2. The van der Waals surface area contributed by atoms with E-state index in [0.29, 0.717) is 44.7 Å². The number of ether oxygens (including phenoxy) is 2. The number of hydrogen-bond donors (Lipinski definition) is 4. The number of fused-ring (bicyclic) bond motifs is 3. The number of nitrogens with one attached hydrogen (secondary N) is 1. The molecule has 0 aromatic heterocycles. The van der Waals surface area contributed by atoms with Gasteiger partial charge >= 0.3 is 0 Å². The molecule has 4 atom stereocenters. The number of hydrogen-bond acceptors (Lipinski definition) is 7. The lowest BCUT2D eigenvalue weighted by Crippen LogP contribution is -2.55. The highest BCUT2D eigenvalue weighted by molar-refractivity contribution is 6.42. The fourth-order valence-corrected chi connectivity index (χ4v) is 5.50. The number of benzene rings is 2. The highest BCUT2D eigenvalue weighted by Crippen LogP contribution is 2.51. The molecule has 4 rings (SSSR count). The molecular weight excluding hydrogens is 559 g/mol. The molecule has 0 radical (unpaired) electrons. The van der Waals surface area contributed by atoms with Crippen molar-refractivity contribution in [2.24, 2.45) is 0 Å². The minimum absolute atomic E-state index is 0.0136. The minimum atomic E-state index is -1.23. The third-order valence-corrected chi connectivity index (χ3v) is 7.81. The van der Waals surface area contributed by atoms with Crippen molar-refractivity contribution < 1.29 is 34.4 Å². The molecule has 4 N–H and O–H groups in total. The molecular formula is C29H32Cl2N2O7. The molecule has 1 aliphatic heterocycles. The van der Waals surface area contributed by atoms with Crippen LogP contribution in [0.2, 0.25) is 10.0 Å². The standard InChI is InChI=1S/C29H32Cl2N2O7/c1-3-4-5-24(36)33(14-16-6-7-20(30)21(31)11-16)22-13-19(29(38)32-8-9-34)25-18-10-17(15-35)12-23(39-2)27(18)40-28(25)26(22)37/h3,6-7,10-13,22,25-26,28,34-35,37H,1,4-5,8-9,14-15H2,2H3,(H,32,38). The zero-order valence-corrected chi connectivity index (χ0v) is 23.5. The summed E-state index contributed by atoms with van der Waals surface area (Å²) in [6.45, 7) is 3.26. The van der Waals surface area contributed by atoms with Gasteiger partial charge < -0.3 is 35.0 Å². The molecule has 0 saturated heterocycles. The Hall–Kier alpha value is -3.08. The number of nitrogens with zero attached hydrogens (tertiary/aromatic N) is 1. The van der Waals surface area contributed by atoms with Gasteiger partial charge in [-0.25, -0.2) is 0 Å². The summed E-state index contributed by atoms with van der Waals surface area (Å²) in [5, 5.41) is 34.2. The molecule has 11 heteroatoms. The van der Waals surface area contributed by atoms with Crippen molar-refractivity contribution in [3.63, 3.8) is 0 Å². The molecule has 2 amide bonds. The molecule has 0 bridgehead atoms. The van der Waals surface area contributed by atoms with Crippen LogP contribution in [0.15, 0.2) is 54.6 Å².